The summed E-state index contributed by atoms with van der Waals surface area (Å²) in [5, 5.41) is 16.4. The Labute approximate surface area is 116 Å². The number of hydrogen-bond acceptors (Lipinski definition) is 3. The summed E-state index contributed by atoms with van der Waals surface area (Å²) in [5.74, 6) is -0.120. The predicted octanol–water partition coefficient (Wildman–Crippen LogP) is 2.52. The number of aromatic nitrogens is 2. The minimum Gasteiger partial charge on any atom is -0.463 e. The molecule has 94 valence electrons. The molecule has 0 fully saturated rings. The van der Waals surface area contributed by atoms with Crippen molar-refractivity contribution in [1.82, 2.24) is 9.78 Å². The topological polar surface area (TPSA) is 84.2 Å². The first-order chi connectivity index (χ1) is 8.52. The average molecular weight is 359 g/mol. The van der Waals surface area contributed by atoms with E-state index in [0.717, 1.165) is 10.1 Å². The molecule has 0 bridgehead atoms. The summed E-state index contributed by atoms with van der Waals surface area (Å²) in [7, 11) is 0. The summed E-state index contributed by atoms with van der Waals surface area (Å²) in [6.07, 6.45) is -0.782. The first-order valence-corrected chi connectivity index (χ1v) is 6.32. The number of halogens is 1. The van der Waals surface area contributed by atoms with Gasteiger partial charge >= 0.3 is 6.09 Å². The van der Waals surface area contributed by atoms with E-state index in [4.69, 9.17) is 5.11 Å². The quantitative estimate of drug-likeness (QED) is 0.807. The zero-order valence-corrected chi connectivity index (χ0v) is 11.6. The molecule has 0 saturated heterocycles. The van der Waals surface area contributed by atoms with E-state index in [9.17, 15) is 9.59 Å². The number of amides is 1. The minimum atomic E-state index is -1.15. The molecule has 0 saturated carbocycles. The summed E-state index contributed by atoms with van der Waals surface area (Å²) >= 11 is 1.97. The standard InChI is InChI=1S/C11H10IN3O3/c1-2-9(16)13-6-3-4-7-8(5-6)15(11(17)18)14-10(7)12/h3-5H,2H2,1H3,(H,13,16)(H,17,18). The van der Waals surface area contributed by atoms with Gasteiger partial charge in [-0.05, 0) is 40.8 Å². The summed E-state index contributed by atoms with van der Waals surface area (Å²) in [6, 6.07) is 5.08. The minimum absolute atomic E-state index is 0.120. The third kappa shape index (κ3) is 2.30. The lowest BCUT2D eigenvalue weighted by Gasteiger charge is -2.03. The Morgan fingerprint density at radius 2 is 2.22 bits per heavy atom. The number of nitrogens with one attached hydrogen (secondary N) is 1. The van der Waals surface area contributed by atoms with Crippen LogP contribution in [-0.2, 0) is 4.79 Å². The molecule has 1 aromatic carbocycles. The molecule has 0 aliphatic carbocycles. The van der Waals surface area contributed by atoms with Gasteiger partial charge in [-0.3, -0.25) is 4.79 Å². The zero-order chi connectivity index (χ0) is 13.3. The molecule has 2 aromatic rings. The monoisotopic (exact) mass is 359 g/mol. The van der Waals surface area contributed by atoms with Crippen LogP contribution in [0.5, 0.6) is 0 Å². The van der Waals surface area contributed by atoms with E-state index in [1.54, 1.807) is 25.1 Å². The Bertz CT molecular complexity index is 636. The molecule has 2 N–H and O–H groups in total. The molecule has 1 heterocycles. The highest BCUT2D eigenvalue weighted by atomic mass is 127. The van der Waals surface area contributed by atoms with Crippen molar-refractivity contribution >= 4 is 51.2 Å². The number of anilines is 1. The molecule has 1 aromatic heterocycles. The molecule has 0 unspecified atom stereocenters. The molecule has 7 heteroatoms. The average Bonchev–Trinajstić information content (AvgIpc) is 2.66. The zero-order valence-electron chi connectivity index (χ0n) is 9.48. The molecule has 0 aliphatic rings. The van der Waals surface area contributed by atoms with Crippen LogP contribution in [0.15, 0.2) is 18.2 Å². The number of carbonyl (C=O) groups excluding carboxylic acids is 1. The van der Waals surface area contributed by atoms with Gasteiger partial charge in [-0.15, -0.1) is 0 Å². The smallest absolute Gasteiger partial charge is 0.432 e. The molecule has 0 aliphatic heterocycles. The molecule has 0 radical (unpaired) electrons. The fraction of sp³-hybridized carbons (Fsp3) is 0.182. The molecule has 6 nitrogen and oxygen atoms in total. The van der Waals surface area contributed by atoms with Crippen LogP contribution in [0.4, 0.5) is 10.5 Å². The molecule has 0 atom stereocenters. The van der Waals surface area contributed by atoms with Crippen LogP contribution < -0.4 is 5.32 Å². The predicted molar refractivity (Wildman–Crippen MR) is 74.8 cm³/mol. The fourth-order valence-electron chi connectivity index (χ4n) is 1.55. The summed E-state index contributed by atoms with van der Waals surface area (Å²) in [6.45, 7) is 1.75. The van der Waals surface area contributed by atoms with Gasteiger partial charge < -0.3 is 10.4 Å². The largest absolute Gasteiger partial charge is 0.463 e. The normalized spacial score (nSPS) is 10.6. The van der Waals surface area contributed by atoms with Crippen LogP contribution in [0.25, 0.3) is 10.9 Å². The maximum Gasteiger partial charge on any atom is 0.432 e. The van der Waals surface area contributed by atoms with Crippen LogP contribution in [0.3, 0.4) is 0 Å². The number of hydrogen-bond donors (Lipinski definition) is 2. The number of benzene rings is 1. The van der Waals surface area contributed by atoms with Crippen molar-refractivity contribution in [2.45, 2.75) is 13.3 Å². The molecule has 0 spiro atoms. The van der Waals surface area contributed by atoms with Crippen LogP contribution in [0.2, 0.25) is 0 Å². The van der Waals surface area contributed by atoms with Gasteiger partial charge in [0.15, 0.2) is 0 Å². The van der Waals surface area contributed by atoms with Crippen LogP contribution in [0.1, 0.15) is 13.3 Å². The molecular weight excluding hydrogens is 349 g/mol. The first kappa shape index (κ1) is 12.8. The van der Waals surface area contributed by atoms with Crippen molar-refractivity contribution in [3.63, 3.8) is 0 Å². The van der Waals surface area contributed by atoms with Gasteiger partial charge in [0.2, 0.25) is 5.91 Å². The van der Waals surface area contributed by atoms with Crippen molar-refractivity contribution in [3.8, 4) is 0 Å². The Balaban J connectivity index is 2.52. The van der Waals surface area contributed by atoms with Gasteiger partial charge in [-0.2, -0.15) is 9.78 Å². The Kier molecular flexibility index (Phi) is 3.50. The maximum atomic E-state index is 11.3. The third-order valence-corrected chi connectivity index (χ3v) is 3.22. The van der Waals surface area contributed by atoms with Crippen LogP contribution >= 0.6 is 22.6 Å². The highest BCUT2D eigenvalue weighted by Gasteiger charge is 2.13. The van der Waals surface area contributed by atoms with Crippen molar-refractivity contribution in [2.24, 2.45) is 0 Å². The Hall–Kier alpha value is -1.64. The lowest BCUT2D eigenvalue weighted by molar-refractivity contribution is -0.115. The second-order valence-corrected chi connectivity index (χ2v) is 4.64. The molecular formula is C11H10IN3O3. The molecule has 18 heavy (non-hydrogen) atoms. The Morgan fingerprint density at radius 1 is 1.50 bits per heavy atom. The van der Waals surface area contributed by atoms with E-state index < -0.39 is 6.09 Å². The van der Waals surface area contributed by atoms with Crippen molar-refractivity contribution < 1.29 is 14.7 Å². The van der Waals surface area contributed by atoms with E-state index in [-0.39, 0.29) is 5.91 Å². The second kappa shape index (κ2) is 4.92. The van der Waals surface area contributed by atoms with Gasteiger partial charge in [-0.25, -0.2) is 4.79 Å². The Morgan fingerprint density at radius 3 is 2.83 bits per heavy atom. The third-order valence-electron chi connectivity index (χ3n) is 2.42. The van der Waals surface area contributed by atoms with E-state index >= 15 is 0 Å². The van der Waals surface area contributed by atoms with Gasteiger partial charge in [0.05, 0.1) is 5.52 Å². The van der Waals surface area contributed by atoms with E-state index in [2.05, 4.69) is 10.4 Å². The number of rotatable bonds is 2. The van der Waals surface area contributed by atoms with Crippen molar-refractivity contribution in [3.05, 3.63) is 21.9 Å². The van der Waals surface area contributed by atoms with E-state index in [1.807, 2.05) is 22.6 Å². The molecule has 1 amide bonds. The lowest BCUT2D eigenvalue weighted by atomic mass is 10.2. The van der Waals surface area contributed by atoms with Crippen molar-refractivity contribution in [2.75, 3.05) is 5.32 Å². The number of carbonyl (C=O) groups is 2. The summed E-state index contributed by atoms with van der Waals surface area (Å²) in [4.78, 5) is 22.3. The SMILES string of the molecule is CCC(=O)Nc1ccc2c(I)nn(C(=O)O)c2c1. The van der Waals surface area contributed by atoms with Gasteiger partial charge in [0.25, 0.3) is 0 Å². The highest BCUT2D eigenvalue weighted by Crippen LogP contribution is 2.23. The maximum absolute atomic E-state index is 11.3. The highest BCUT2D eigenvalue weighted by molar-refractivity contribution is 14.1. The number of fused-ring (bicyclic) bond motifs is 1. The van der Waals surface area contributed by atoms with Crippen molar-refractivity contribution in [1.29, 1.82) is 0 Å². The summed E-state index contributed by atoms with van der Waals surface area (Å²) < 4.78 is 1.51. The second-order valence-electron chi connectivity index (χ2n) is 3.62. The van der Waals surface area contributed by atoms with Gasteiger partial charge in [0, 0.05) is 17.5 Å². The van der Waals surface area contributed by atoms with E-state index in [0.29, 0.717) is 21.3 Å². The van der Waals surface area contributed by atoms with E-state index in [1.165, 1.54) is 0 Å². The molecule has 2 rings (SSSR count). The van der Waals surface area contributed by atoms with Gasteiger partial charge in [-0.1, -0.05) is 6.92 Å². The van der Waals surface area contributed by atoms with Crippen LogP contribution in [-0.4, -0.2) is 26.9 Å². The first-order valence-electron chi connectivity index (χ1n) is 5.24. The lowest BCUT2D eigenvalue weighted by Crippen LogP contribution is -2.11. The van der Waals surface area contributed by atoms with Gasteiger partial charge in [0.1, 0.15) is 3.70 Å². The number of carboxylic acid groups (broad SMARTS) is 1. The fourth-order valence-corrected chi connectivity index (χ4v) is 2.22. The summed E-state index contributed by atoms with van der Waals surface area (Å²) in [5.41, 5.74) is 1.02. The van der Waals surface area contributed by atoms with Crippen LogP contribution in [0, 0.1) is 3.70 Å². The number of nitrogens with zero attached hydrogens (tertiary/aromatic N) is 2.